The van der Waals surface area contributed by atoms with Crippen LogP contribution in [-0.4, -0.2) is 0 Å². The van der Waals surface area contributed by atoms with Crippen molar-refractivity contribution in [2.75, 3.05) is 0 Å². The number of rotatable bonds is 6. The summed E-state index contributed by atoms with van der Waals surface area (Å²) in [5.41, 5.74) is 16.3. The predicted octanol–water partition coefficient (Wildman–Crippen LogP) is 11.9. The number of hydrogen-bond acceptors (Lipinski definition) is 0. The summed E-state index contributed by atoms with van der Waals surface area (Å²) < 4.78 is 3.18. The van der Waals surface area contributed by atoms with Crippen molar-refractivity contribution in [3.05, 3.63) is 179 Å². The smallest absolute Gasteiger partial charge is 1.00 e. The van der Waals surface area contributed by atoms with E-state index in [1.54, 1.807) is 22.3 Å². The van der Waals surface area contributed by atoms with E-state index < -0.39 is 16.6 Å². The average Bonchev–Trinajstić information content (AvgIpc) is 4.02. The summed E-state index contributed by atoms with van der Waals surface area (Å²) in [6, 6.07) is 57.0. The van der Waals surface area contributed by atoms with Crippen LogP contribution in [0.1, 0.15) is 108 Å². The van der Waals surface area contributed by atoms with Gasteiger partial charge in [0.15, 0.2) is 0 Å². The largest absolute Gasteiger partial charge is 1.00 e. The van der Waals surface area contributed by atoms with Crippen molar-refractivity contribution in [2.45, 2.75) is 93.9 Å². The van der Waals surface area contributed by atoms with Gasteiger partial charge in [0.05, 0.1) is 0 Å². The van der Waals surface area contributed by atoms with Crippen LogP contribution in [0.2, 0.25) is 8.45 Å². The summed E-state index contributed by atoms with van der Waals surface area (Å²) in [4.78, 5) is 0. The van der Waals surface area contributed by atoms with E-state index in [4.69, 9.17) is 0 Å². The van der Waals surface area contributed by atoms with E-state index in [1.165, 1.54) is 142 Å². The Bertz CT molecular complexity index is 2930. The topological polar surface area (TPSA) is 0 Å². The summed E-state index contributed by atoms with van der Waals surface area (Å²) >= 11 is -2.96. The first-order valence-electron chi connectivity index (χ1n) is 24.8. The normalized spacial score (nSPS) is 23.7. The van der Waals surface area contributed by atoms with Crippen molar-refractivity contribution in [3.8, 4) is 22.3 Å². The first-order valence-corrected chi connectivity index (χ1v) is 28.4. The summed E-state index contributed by atoms with van der Waals surface area (Å²) in [5, 5.41) is 11.0. The molecule has 0 amide bonds. The van der Waals surface area contributed by atoms with Crippen LogP contribution in [0.5, 0.6) is 0 Å². The van der Waals surface area contributed by atoms with Gasteiger partial charge < -0.3 is 24.8 Å². The molecule has 322 valence electrons. The minimum Gasteiger partial charge on any atom is -1.00 e. The Balaban J connectivity index is 0.00000222. The fourth-order valence-electron chi connectivity index (χ4n) is 15.5. The van der Waals surface area contributed by atoms with Crippen LogP contribution in [0, 0.1) is 11.8 Å². The SMILES string of the molecule is C1=C(C2CCCC2)[CH]([Ti+2]2([CH]3C(C4CCCC4)=Cc4c(-c5c6ccccc6cc6ccccc56)cccc43)[CH]3CCCC[CH]32)c2cccc(-c3c4ccccc4cc4ccccc34)c21.[Cl-].[Cl-]. The second kappa shape index (κ2) is 16.4. The molecule has 65 heavy (non-hydrogen) atoms. The Hall–Kier alpha value is -4.43. The zero-order valence-electron chi connectivity index (χ0n) is 37.2. The van der Waals surface area contributed by atoms with Crippen LogP contribution >= 0.6 is 0 Å². The summed E-state index contributed by atoms with van der Waals surface area (Å²) in [6.45, 7) is 0. The third-order valence-corrected chi connectivity index (χ3v) is 28.6. The van der Waals surface area contributed by atoms with Crippen LogP contribution in [-0.2, 0) is 16.6 Å². The van der Waals surface area contributed by atoms with Gasteiger partial charge in [0.25, 0.3) is 0 Å². The number of fused-ring (bicyclic) bond motifs is 7. The van der Waals surface area contributed by atoms with E-state index >= 15 is 0 Å². The summed E-state index contributed by atoms with van der Waals surface area (Å²) in [6.07, 6.45) is 22.6. The zero-order chi connectivity index (χ0) is 41.2. The van der Waals surface area contributed by atoms with Crippen LogP contribution in [0.25, 0.3) is 77.5 Å². The third kappa shape index (κ3) is 6.19. The maximum absolute atomic E-state index is 2.96. The Kier molecular flexibility index (Phi) is 10.6. The Morgan fingerprint density at radius 2 is 0.692 bits per heavy atom. The molecule has 0 aromatic heterocycles. The van der Waals surface area contributed by atoms with Gasteiger partial charge in [-0.3, -0.25) is 0 Å². The molecule has 0 nitrogen and oxygen atoms in total. The molecule has 4 unspecified atom stereocenters. The zero-order valence-corrected chi connectivity index (χ0v) is 40.3. The van der Waals surface area contributed by atoms with E-state index in [1.807, 2.05) is 11.1 Å². The molecule has 8 aromatic carbocycles. The monoisotopic (exact) mass is 918 g/mol. The maximum atomic E-state index is 2.87. The van der Waals surface area contributed by atoms with Gasteiger partial charge in [0.1, 0.15) is 0 Å². The molecule has 0 spiro atoms. The Labute approximate surface area is 400 Å². The fraction of sp³-hybridized carbons (Fsp3) is 0.290. The van der Waals surface area contributed by atoms with E-state index in [2.05, 4.69) is 158 Å². The molecule has 0 N–H and O–H groups in total. The molecule has 3 heteroatoms. The van der Waals surface area contributed by atoms with Gasteiger partial charge >= 0.3 is 379 Å². The predicted molar refractivity (Wildman–Crippen MR) is 265 cm³/mol. The first kappa shape index (κ1) is 42.0. The van der Waals surface area contributed by atoms with E-state index in [-0.39, 0.29) is 24.8 Å². The molecule has 8 aromatic rings. The van der Waals surface area contributed by atoms with Gasteiger partial charge in [0, 0.05) is 0 Å². The minimum absolute atomic E-state index is 0. The van der Waals surface area contributed by atoms with E-state index in [0.29, 0.717) is 8.45 Å². The van der Waals surface area contributed by atoms with E-state index in [9.17, 15) is 0 Å². The maximum Gasteiger partial charge on any atom is -1.00 e. The molecular formula is C62H56Cl2Ti. The van der Waals surface area contributed by atoms with Gasteiger partial charge in [-0.15, -0.1) is 0 Å². The van der Waals surface area contributed by atoms with Crippen molar-refractivity contribution in [1.29, 1.82) is 0 Å². The molecule has 0 radical (unpaired) electrons. The van der Waals surface area contributed by atoms with Crippen LogP contribution < -0.4 is 24.8 Å². The minimum atomic E-state index is -2.96. The number of hydrogen-bond donors (Lipinski definition) is 0. The van der Waals surface area contributed by atoms with Gasteiger partial charge in [-0.2, -0.15) is 0 Å². The molecule has 4 atom stereocenters. The molecule has 3 saturated carbocycles. The number of benzene rings is 8. The molecule has 4 fully saturated rings. The van der Waals surface area contributed by atoms with Gasteiger partial charge in [-0.05, 0) is 0 Å². The Morgan fingerprint density at radius 3 is 1.06 bits per heavy atom. The molecule has 14 rings (SSSR count). The molecule has 6 aliphatic rings. The molecular weight excluding hydrogens is 863 g/mol. The van der Waals surface area contributed by atoms with Crippen LogP contribution in [0.15, 0.2) is 157 Å². The Morgan fingerprint density at radius 1 is 0.354 bits per heavy atom. The van der Waals surface area contributed by atoms with Gasteiger partial charge in [-0.1, -0.05) is 0 Å². The van der Waals surface area contributed by atoms with E-state index in [0.717, 1.165) is 20.3 Å². The molecule has 1 aliphatic heterocycles. The van der Waals surface area contributed by atoms with Crippen LogP contribution in [0.4, 0.5) is 0 Å². The number of allylic oxidation sites excluding steroid dienone is 2. The van der Waals surface area contributed by atoms with Crippen molar-refractivity contribution < 1.29 is 41.4 Å². The second-order valence-corrected chi connectivity index (χ2v) is 27.9. The summed E-state index contributed by atoms with van der Waals surface area (Å²) in [5.74, 6) is 1.44. The van der Waals surface area contributed by atoms with Gasteiger partial charge in [-0.25, -0.2) is 0 Å². The first-order chi connectivity index (χ1) is 31.3. The molecule has 0 bridgehead atoms. The van der Waals surface area contributed by atoms with Crippen molar-refractivity contribution >= 4 is 55.2 Å². The standard InChI is InChI=1S/2C28H23.C6H10.2ClH.Ti/c2*1-2-9-19(8-1)23-17-22-12-7-15-26(27(22)18-23)28-24-13-5-3-10-20(24)16-21-11-4-6-14-25(21)28;1-2-4-6-5-3-1;;;/h2*3-7,10-19H,1-2,8-9H2;1-2H,3-6H2;2*1H;/q;;;;;+2/p-2. The van der Waals surface area contributed by atoms with Crippen molar-refractivity contribution in [3.63, 3.8) is 0 Å². The second-order valence-electron chi connectivity index (χ2n) is 20.6. The number of halogens is 2. The van der Waals surface area contributed by atoms with Crippen LogP contribution in [0.3, 0.4) is 0 Å². The quantitative estimate of drug-likeness (QED) is 0.115. The van der Waals surface area contributed by atoms with Crippen molar-refractivity contribution in [2.24, 2.45) is 11.8 Å². The van der Waals surface area contributed by atoms with Crippen molar-refractivity contribution in [1.82, 2.24) is 0 Å². The third-order valence-electron chi connectivity index (χ3n) is 17.9. The average molecular weight is 920 g/mol. The molecule has 1 saturated heterocycles. The molecule has 1 heterocycles. The van der Waals surface area contributed by atoms with Gasteiger partial charge in [0.2, 0.25) is 0 Å². The summed E-state index contributed by atoms with van der Waals surface area (Å²) in [7, 11) is 0. The fourth-order valence-corrected chi connectivity index (χ4v) is 29.7. The molecule has 5 aliphatic carbocycles.